The van der Waals surface area contributed by atoms with Gasteiger partial charge in [0.05, 0.1) is 4.92 Å². The zero-order chi connectivity index (χ0) is 25.2. The second-order valence-electron chi connectivity index (χ2n) is 10.2. The molecule has 1 atom stereocenters. The van der Waals surface area contributed by atoms with E-state index in [9.17, 15) is 14.9 Å². The fraction of sp³-hybridized carbons (Fsp3) is 0.207. The Bertz CT molecular complexity index is 1610. The summed E-state index contributed by atoms with van der Waals surface area (Å²) in [6, 6.07) is 20.1. The van der Waals surface area contributed by atoms with Crippen molar-refractivity contribution in [3.63, 3.8) is 0 Å². The number of ketones is 1. The predicted octanol–water partition coefficient (Wildman–Crippen LogP) is 7.97. The van der Waals surface area contributed by atoms with Crippen LogP contribution in [0, 0.1) is 15.5 Å². The number of fused-ring (bicyclic) bond motifs is 4. The summed E-state index contributed by atoms with van der Waals surface area (Å²) in [7, 11) is 0. The van der Waals surface area contributed by atoms with Gasteiger partial charge in [-0.2, -0.15) is 0 Å². The number of Topliss-reactive ketones (excluding diaryl/α,β-unsaturated/α-hetero) is 1. The van der Waals surface area contributed by atoms with Crippen molar-refractivity contribution >= 4 is 45.1 Å². The Morgan fingerprint density at radius 1 is 1.06 bits per heavy atom. The van der Waals surface area contributed by atoms with E-state index in [0.29, 0.717) is 23.5 Å². The van der Waals surface area contributed by atoms with Crippen LogP contribution in [0.1, 0.15) is 44.1 Å². The number of nitrogens with one attached hydrogen (secondary N) is 1. The largest absolute Gasteiger partial charge is 0.459 e. The van der Waals surface area contributed by atoms with Gasteiger partial charge in [0.1, 0.15) is 22.6 Å². The summed E-state index contributed by atoms with van der Waals surface area (Å²) < 4.78 is 6.24. The lowest BCUT2D eigenvalue weighted by molar-refractivity contribution is -0.384. The van der Waals surface area contributed by atoms with Gasteiger partial charge < -0.3 is 9.73 Å². The highest BCUT2D eigenvalue weighted by Gasteiger charge is 2.41. The SMILES string of the molecule is CC1(C)CC(=O)C2=C(C1)c1c(ccc3ccccc13)N[C@@H]2c1ccc(-c2ccc([N+](=O)[O-])c(Cl)c2)o1. The molecule has 7 heteroatoms. The first kappa shape index (κ1) is 22.6. The second kappa shape index (κ2) is 8.07. The van der Waals surface area contributed by atoms with Crippen LogP contribution >= 0.6 is 11.6 Å². The third-order valence-corrected chi connectivity index (χ3v) is 7.38. The molecule has 0 radical (unpaired) electrons. The fourth-order valence-corrected chi connectivity index (χ4v) is 5.77. The molecular weight excluding hydrogens is 476 g/mol. The average molecular weight is 499 g/mol. The highest BCUT2D eigenvalue weighted by molar-refractivity contribution is 6.32. The molecule has 1 aliphatic heterocycles. The highest BCUT2D eigenvalue weighted by atomic mass is 35.5. The van der Waals surface area contributed by atoms with E-state index in [-0.39, 0.29) is 21.9 Å². The number of allylic oxidation sites excluding steroid dienone is 1. The Kier molecular flexibility index (Phi) is 5.05. The van der Waals surface area contributed by atoms with E-state index < -0.39 is 11.0 Å². The summed E-state index contributed by atoms with van der Waals surface area (Å²) in [6.45, 7) is 4.28. The van der Waals surface area contributed by atoms with E-state index in [0.717, 1.165) is 39.6 Å². The zero-order valence-corrected chi connectivity index (χ0v) is 20.6. The van der Waals surface area contributed by atoms with Gasteiger partial charge >= 0.3 is 0 Å². The van der Waals surface area contributed by atoms with Crippen molar-refractivity contribution in [3.05, 3.63) is 98.8 Å². The van der Waals surface area contributed by atoms with E-state index in [4.69, 9.17) is 16.0 Å². The standard InChI is InChI=1S/C29H23ClN2O4/c1-29(2)14-19-26-18-6-4-3-5-16(18)7-9-21(26)31-28(27(19)23(33)15-29)25-12-11-24(36-25)17-8-10-22(32(34)35)20(30)13-17/h3-13,28,31H,14-15H2,1-2H3/t28-/m1/s1. The molecule has 6 nitrogen and oxygen atoms in total. The predicted molar refractivity (Wildman–Crippen MR) is 141 cm³/mol. The molecule has 0 fully saturated rings. The first-order valence-electron chi connectivity index (χ1n) is 11.8. The number of nitro benzene ring substituents is 1. The number of halogens is 1. The Hall–Kier alpha value is -3.90. The molecule has 0 bridgehead atoms. The quantitative estimate of drug-likeness (QED) is 0.228. The lowest BCUT2D eigenvalue weighted by atomic mass is 9.68. The van der Waals surface area contributed by atoms with E-state index in [1.807, 2.05) is 24.3 Å². The molecule has 0 unspecified atom stereocenters. The molecule has 4 aromatic rings. The number of benzene rings is 3. The Morgan fingerprint density at radius 3 is 2.64 bits per heavy atom. The molecule has 2 heterocycles. The van der Waals surface area contributed by atoms with E-state index in [1.54, 1.807) is 6.07 Å². The maximum absolute atomic E-state index is 13.6. The summed E-state index contributed by atoms with van der Waals surface area (Å²) in [5, 5.41) is 17.0. The highest BCUT2D eigenvalue weighted by Crippen LogP contribution is 2.52. The van der Waals surface area contributed by atoms with E-state index >= 15 is 0 Å². The van der Waals surface area contributed by atoms with Crippen molar-refractivity contribution in [2.24, 2.45) is 5.41 Å². The summed E-state index contributed by atoms with van der Waals surface area (Å²) in [5.41, 5.74) is 4.22. The second-order valence-corrected chi connectivity index (χ2v) is 10.7. The average Bonchev–Trinajstić information content (AvgIpc) is 3.32. The van der Waals surface area contributed by atoms with Crippen LogP contribution in [0.4, 0.5) is 11.4 Å². The minimum Gasteiger partial charge on any atom is -0.459 e. The minimum atomic E-state index is -0.517. The number of hydrogen-bond donors (Lipinski definition) is 1. The molecule has 2 aliphatic rings. The van der Waals surface area contributed by atoms with Gasteiger partial charge in [0.15, 0.2) is 5.78 Å². The smallest absolute Gasteiger partial charge is 0.287 e. The number of carbonyl (C=O) groups is 1. The topological polar surface area (TPSA) is 85.4 Å². The molecule has 0 saturated carbocycles. The van der Waals surface area contributed by atoms with Crippen LogP contribution in [0.3, 0.4) is 0 Å². The normalized spacial score (nSPS) is 18.5. The number of nitro groups is 1. The molecule has 36 heavy (non-hydrogen) atoms. The van der Waals surface area contributed by atoms with Crippen molar-refractivity contribution in [3.8, 4) is 11.3 Å². The van der Waals surface area contributed by atoms with Gasteiger partial charge in [0, 0.05) is 34.9 Å². The number of rotatable bonds is 3. The monoisotopic (exact) mass is 498 g/mol. The Morgan fingerprint density at radius 2 is 1.86 bits per heavy atom. The van der Waals surface area contributed by atoms with Crippen LogP contribution in [-0.2, 0) is 4.79 Å². The molecule has 1 N–H and O–H groups in total. The molecule has 0 spiro atoms. The molecule has 6 rings (SSSR count). The van der Waals surface area contributed by atoms with Gasteiger partial charge in [-0.25, -0.2) is 0 Å². The third-order valence-electron chi connectivity index (χ3n) is 7.08. The molecule has 1 aliphatic carbocycles. The molecule has 3 aromatic carbocycles. The lowest BCUT2D eigenvalue weighted by Gasteiger charge is -2.39. The van der Waals surface area contributed by atoms with Crippen molar-refractivity contribution in [1.29, 1.82) is 0 Å². The van der Waals surface area contributed by atoms with Gasteiger partial charge in [0.2, 0.25) is 0 Å². The number of furan rings is 1. The van der Waals surface area contributed by atoms with Crippen molar-refractivity contribution in [1.82, 2.24) is 0 Å². The molecule has 180 valence electrons. The van der Waals surface area contributed by atoms with Crippen molar-refractivity contribution < 1.29 is 14.1 Å². The Labute approximate surface area is 212 Å². The molecule has 1 aromatic heterocycles. The lowest BCUT2D eigenvalue weighted by Crippen LogP contribution is -2.33. The number of carbonyl (C=O) groups excluding carboxylic acids is 1. The first-order valence-corrected chi connectivity index (χ1v) is 12.2. The number of anilines is 1. The van der Waals surface area contributed by atoms with Gasteiger partial charge in [-0.15, -0.1) is 0 Å². The van der Waals surface area contributed by atoms with Gasteiger partial charge in [0.25, 0.3) is 5.69 Å². The van der Waals surface area contributed by atoms with Crippen LogP contribution in [-0.4, -0.2) is 10.7 Å². The van der Waals surface area contributed by atoms with Crippen LogP contribution < -0.4 is 5.32 Å². The van der Waals surface area contributed by atoms with Crippen molar-refractivity contribution in [2.75, 3.05) is 5.32 Å². The van der Waals surface area contributed by atoms with Gasteiger partial charge in [-0.1, -0.05) is 55.8 Å². The molecule has 0 amide bonds. The summed E-state index contributed by atoms with van der Waals surface area (Å²) in [6.07, 6.45) is 1.26. The summed E-state index contributed by atoms with van der Waals surface area (Å²) in [5.74, 6) is 1.26. The summed E-state index contributed by atoms with van der Waals surface area (Å²) >= 11 is 6.12. The van der Waals surface area contributed by atoms with Crippen molar-refractivity contribution in [2.45, 2.75) is 32.7 Å². The maximum Gasteiger partial charge on any atom is 0.287 e. The van der Waals surface area contributed by atoms with Crippen LogP contribution in [0.2, 0.25) is 5.02 Å². The molecular formula is C29H23ClN2O4. The van der Waals surface area contributed by atoms with E-state index in [1.165, 1.54) is 12.1 Å². The van der Waals surface area contributed by atoms with Crippen LogP contribution in [0.15, 0.2) is 76.7 Å². The maximum atomic E-state index is 13.6. The summed E-state index contributed by atoms with van der Waals surface area (Å²) in [4.78, 5) is 24.2. The third kappa shape index (κ3) is 3.60. The Balaban J connectivity index is 1.48. The fourth-order valence-electron chi connectivity index (χ4n) is 5.52. The number of hydrogen-bond acceptors (Lipinski definition) is 5. The first-order chi connectivity index (χ1) is 17.2. The van der Waals surface area contributed by atoms with Crippen LogP contribution in [0.25, 0.3) is 27.7 Å². The van der Waals surface area contributed by atoms with Gasteiger partial charge in [-0.05, 0) is 58.5 Å². The van der Waals surface area contributed by atoms with E-state index in [2.05, 4.69) is 43.4 Å². The van der Waals surface area contributed by atoms with Gasteiger partial charge in [-0.3, -0.25) is 14.9 Å². The minimum absolute atomic E-state index is 0.0433. The number of nitrogens with zero attached hydrogens (tertiary/aromatic N) is 1. The van der Waals surface area contributed by atoms with Crippen LogP contribution in [0.5, 0.6) is 0 Å². The molecule has 0 saturated heterocycles. The zero-order valence-electron chi connectivity index (χ0n) is 19.8.